The zero-order valence-corrected chi connectivity index (χ0v) is 17.9. The molecule has 1 heterocycles. The number of carbonyl (C=O) groups is 2. The third-order valence-electron chi connectivity index (χ3n) is 4.44. The van der Waals surface area contributed by atoms with Gasteiger partial charge in [-0.2, -0.15) is 0 Å². The standard InChI is InChI=1S/C20H28Cl2N2O4/c1-14(2)13-28-20(26)24-9-6-15(7-10-24)19(25)23-8-3-11-27-18-5-4-16(21)12-17(18)22/h4-5,12,14-15H,3,6-11,13H2,1-2H3,(H,23,25). The van der Waals surface area contributed by atoms with Crippen LogP contribution in [0.4, 0.5) is 4.79 Å². The number of ether oxygens (including phenoxy) is 2. The Morgan fingerprint density at radius 3 is 2.61 bits per heavy atom. The van der Waals surface area contributed by atoms with Crippen molar-refractivity contribution in [3.8, 4) is 5.75 Å². The molecule has 0 aromatic heterocycles. The number of benzene rings is 1. The predicted octanol–water partition coefficient (Wildman–Crippen LogP) is 4.38. The number of nitrogens with one attached hydrogen (secondary N) is 1. The van der Waals surface area contributed by atoms with Crippen LogP contribution in [0.1, 0.15) is 33.1 Å². The van der Waals surface area contributed by atoms with Crippen LogP contribution in [0.2, 0.25) is 10.0 Å². The minimum atomic E-state index is -0.287. The molecule has 0 aliphatic carbocycles. The highest BCUT2D eigenvalue weighted by molar-refractivity contribution is 6.35. The molecule has 1 aromatic carbocycles. The molecular formula is C20H28Cl2N2O4. The number of piperidine rings is 1. The zero-order chi connectivity index (χ0) is 20.5. The fourth-order valence-electron chi connectivity index (χ4n) is 2.86. The molecule has 2 rings (SSSR count). The number of rotatable bonds is 8. The molecule has 0 unspecified atom stereocenters. The Labute approximate surface area is 176 Å². The number of nitrogens with zero attached hydrogens (tertiary/aromatic N) is 1. The van der Waals surface area contributed by atoms with Gasteiger partial charge in [-0.25, -0.2) is 4.79 Å². The van der Waals surface area contributed by atoms with E-state index >= 15 is 0 Å². The monoisotopic (exact) mass is 430 g/mol. The van der Waals surface area contributed by atoms with Gasteiger partial charge in [-0.15, -0.1) is 0 Å². The summed E-state index contributed by atoms with van der Waals surface area (Å²) < 4.78 is 10.8. The molecule has 8 heteroatoms. The van der Waals surface area contributed by atoms with Crippen molar-refractivity contribution in [1.82, 2.24) is 10.2 Å². The van der Waals surface area contributed by atoms with E-state index in [1.54, 1.807) is 23.1 Å². The lowest BCUT2D eigenvalue weighted by molar-refractivity contribution is -0.126. The van der Waals surface area contributed by atoms with Gasteiger partial charge in [0.15, 0.2) is 0 Å². The van der Waals surface area contributed by atoms with Gasteiger partial charge in [0.2, 0.25) is 5.91 Å². The van der Waals surface area contributed by atoms with Crippen molar-refractivity contribution in [3.05, 3.63) is 28.2 Å². The van der Waals surface area contributed by atoms with E-state index in [1.807, 2.05) is 13.8 Å². The van der Waals surface area contributed by atoms with Gasteiger partial charge in [0.1, 0.15) is 5.75 Å². The maximum Gasteiger partial charge on any atom is 0.409 e. The minimum absolute atomic E-state index is 0.0275. The topological polar surface area (TPSA) is 67.9 Å². The summed E-state index contributed by atoms with van der Waals surface area (Å²) in [4.78, 5) is 25.9. The van der Waals surface area contributed by atoms with E-state index in [2.05, 4.69) is 5.32 Å². The Kier molecular flexibility index (Phi) is 9.19. The molecule has 0 saturated carbocycles. The lowest BCUT2D eigenvalue weighted by Crippen LogP contribution is -2.43. The average Bonchev–Trinajstić information content (AvgIpc) is 2.67. The number of likely N-dealkylation sites (tertiary alicyclic amines) is 1. The average molecular weight is 431 g/mol. The van der Waals surface area contributed by atoms with Crippen LogP contribution in [0.5, 0.6) is 5.75 Å². The van der Waals surface area contributed by atoms with E-state index in [0.717, 1.165) is 0 Å². The molecule has 1 saturated heterocycles. The Balaban J connectivity index is 1.60. The normalized spacial score (nSPS) is 14.8. The van der Waals surface area contributed by atoms with Gasteiger partial charge in [0.05, 0.1) is 18.2 Å². The number of carbonyl (C=O) groups excluding carboxylic acids is 2. The first-order valence-electron chi connectivity index (χ1n) is 9.64. The van der Waals surface area contributed by atoms with Gasteiger partial charge in [-0.05, 0) is 43.4 Å². The summed E-state index contributed by atoms with van der Waals surface area (Å²) in [6.07, 6.45) is 1.69. The Bertz CT molecular complexity index is 662. The van der Waals surface area contributed by atoms with Gasteiger partial charge in [-0.3, -0.25) is 4.79 Å². The highest BCUT2D eigenvalue weighted by Gasteiger charge is 2.27. The van der Waals surface area contributed by atoms with Crippen LogP contribution in [0.15, 0.2) is 18.2 Å². The molecular weight excluding hydrogens is 403 g/mol. The lowest BCUT2D eigenvalue weighted by atomic mass is 9.96. The molecule has 1 N–H and O–H groups in total. The van der Waals surface area contributed by atoms with Crippen LogP contribution >= 0.6 is 23.2 Å². The largest absolute Gasteiger partial charge is 0.492 e. The number of hydrogen-bond acceptors (Lipinski definition) is 4. The third-order valence-corrected chi connectivity index (χ3v) is 4.97. The van der Waals surface area contributed by atoms with E-state index in [-0.39, 0.29) is 17.9 Å². The Hall–Kier alpha value is -1.66. The summed E-state index contributed by atoms with van der Waals surface area (Å²) in [6.45, 7) is 6.49. The summed E-state index contributed by atoms with van der Waals surface area (Å²) in [5.41, 5.74) is 0. The summed E-state index contributed by atoms with van der Waals surface area (Å²) in [5.74, 6) is 0.849. The molecule has 1 aliphatic rings. The summed E-state index contributed by atoms with van der Waals surface area (Å²) in [7, 11) is 0. The van der Waals surface area contributed by atoms with Crippen molar-refractivity contribution in [3.63, 3.8) is 0 Å². The fourth-order valence-corrected chi connectivity index (χ4v) is 3.32. The van der Waals surface area contributed by atoms with Crippen LogP contribution in [-0.4, -0.2) is 49.7 Å². The minimum Gasteiger partial charge on any atom is -0.492 e. The second-order valence-corrected chi connectivity index (χ2v) is 8.14. The first-order chi connectivity index (χ1) is 13.4. The number of hydrogen-bond donors (Lipinski definition) is 1. The molecule has 2 amide bonds. The molecule has 0 radical (unpaired) electrons. The molecule has 28 heavy (non-hydrogen) atoms. The fraction of sp³-hybridized carbons (Fsp3) is 0.600. The highest BCUT2D eigenvalue weighted by atomic mass is 35.5. The van der Waals surface area contributed by atoms with Crippen LogP contribution < -0.4 is 10.1 Å². The summed E-state index contributed by atoms with van der Waals surface area (Å²) >= 11 is 11.9. The van der Waals surface area contributed by atoms with Gasteiger partial charge in [0, 0.05) is 30.6 Å². The van der Waals surface area contributed by atoms with Crippen molar-refractivity contribution < 1.29 is 19.1 Å². The van der Waals surface area contributed by atoms with Crippen LogP contribution in [0.25, 0.3) is 0 Å². The summed E-state index contributed by atoms with van der Waals surface area (Å²) in [6, 6.07) is 5.07. The first-order valence-corrected chi connectivity index (χ1v) is 10.4. The van der Waals surface area contributed by atoms with Crippen LogP contribution in [0, 0.1) is 11.8 Å². The lowest BCUT2D eigenvalue weighted by Gasteiger charge is -2.30. The number of amides is 2. The van der Waals surface area contributed by atoms with Crippen molar-refractivity contribution in [2.75, 3.05) is 32.8 Å². The maximum atomic E-state index is 12.3. The molecule has 156 valence electrons. The third kappa shape index (κ3) is 7.40. The van der Waals surface area contributed by atoms with Gasteiger partial charge >= 0.3 is 6.09 Å². The Morgan fingerprint density at radius 1 is 1.25 bits per heavy atom. The van der Waals surface area contributed by atoms with Crippen LogP contribution in [-0.2, 0) is 9.53 Å². The summed E-state index contributed by atoms with van der Waals surface area (Å²) in [5, 5.41) is 3.97. The van der Waals surface area contributed by atoms with E-state index in [1.165, 1.54) is 0 Å². The van der Waals surface area contributed by atoms with Gasteiger partial charge in [-0.1, -0.05) is 37.0 Å². The van der Waals surface area contributed by atoms with E-state index in [9.17, 15) is 9.59 Å². The molecule has 1 aromatic rings. The van der Waals surface area contributed by atoms with Crippen molar-refractivity contribution >= 4 is 35.2 Å². The van der Waals surface area contributed by atoms with Gasteiger partial charge < -0.3 is 19.7 Å². The zero-order valence-electron chi connectivity index (χ0n) is 16.4. The van der Waals surface area contributed by atoms with E-state index in [4.69, 9.17) is 32.7 Å². The smallest absolute Gasteiger partial charge is 0.409 e. The number of halogens is 2. The molecule has 0 atom stereocenters. The Morgan fingerprint density at radius 2 is 1.96 bits per heavy atom. The first kappa shape index (κ1) is 22.6. The highest BCUT2D eigenvalue weighted by Crippen LogP contribution is 2.27. The quantitative estimate of drug-likeness (QED) is 0.621. The molecule has 0 bridgehead atoms. The molecule has 0 spiro atoms. The van der Waals surface area contributed by atoms with Gasteiger partial charge in [0.25, 0.3) is 0 Å². The van der Waals surface area contributed by atoms with E-state index in [0.29, 0.717) is 73.8 Å². The molecule has 1 aliphatic heterocycles. The second-order valence-electron chi connectivity index (χ2n) is 7.30. The predicted molar refractivity (Wildman–Crippen MR) is 110 cm³/mol. The molecule has 6 nitrogen and oxygen atoms in total. The van der Waals surface area contributed by atoms with Crippen molar-refractivity contribution in [2.24, 2.45) is 11.8 Å². The van der Waals surface area contributed by atoms with Crippen molar-refractivity contribution in [2.45, 2.75) is 33.1 Å². The van der Waals surface area contributed by atoms with Crippen molar-refractivity contribution in [1.29, 1.82) is 0 Å². The second kappa shape index (κ2) is 11.4. The molecule has 1 fully saturated rings. The SMILES string of the molecule is CC(C)COC(=O)N1CCC(C(=O)NCCCOc2ccc(Cl)cc2Cl)CC1. The van der Waals surface area contributed by atoms with Crippen LogP contribution in [0.3, 0.4) is 0 Å². The van der Waals surface area contributed by atoms with E-state index < -0.39 is 0 Å². The maximum absolute atomic E-state index is 12.3.